The van der Waals surface area contributed by atoms with E-state index < -0.39 is 10.0 Å². The van der Waals surface area contributed by atoms with Crippen LogP contribution >= 0.6 is 0 Å². The number of aromatic nitrogens is 2. The summed E-state index contributed by atoms with van der Waals surface area (Å²) in [5, 5.41) is 0. The van der Waals surface area contributed by atoms with Crippen LogP contribution in [-0.2, 0) is 21.3 Å². The Hall–Kier alpha value is -1.25. The van der Waals surface area contributed by atoms with Gasteiger partial charge in [0.05, 0.1) is 25.5 Å². The number of nitrogens with one attached hydrogen (secondary N) is 1. The fourth-order valence-corrected chi connectivity index (χ4v) is 3.19. The van der Waals surface area contributed by atoms with Gasteiger partial charge < -0.3 is 9.64 Å². The van der Waals surface area contributed by atoms with Crippen LogP contribution in [0.4, 0.5) is 5.82 Å². The average molecular weight is 314 g/mol. The fraction of sp³-hybridized carbons (Fsp3) is 0.692. The fourth-order valence-electron chi connectivity index (χ4n) is 2.02. The normalized spacial score (nSPS) is 16.1. The lowest BCUT2D eigenvalue weighted by molar-refractivity contribution is 0.122. The summed E-state index contributed by atoms with van der Waals surface area (Å²) >= 11 is 0. The Kier molecular flexibility index (Phi) is 5.89. The molecule has 0 aromatic carbocycles. The van der Waals surface area contributed by atoms with Crippen molar-refractivity contribution < 1.29 is 13.2 Å². The number of hydrogen-bond acceptors (Lipinski definition) is 6. The zero-order valence-electron chi connectivity index (χ0n) is 12.3. The zero-order chi connectivity index (χ0) is 15.1. The molecular weight excluding hydrogens is 292 g/mol. The standard InChI is InChI=1S/C13H22N4O3S/c1-2-3-10-21(18,19)15-11-12-14-5-4-13(16-12)17-6-8-20-9-7-17/h4-5,15H,2-3,6-11H2,1H3. The molecule has 2 heterocycles. The Labute approximate surface area is 125 Å². The minimum atomic E-state index is -3.24. The van der Waals surface area contributed by atoms with E-state index in [1.165, 1.54) is 0 Å². The van der Waals surface area contributed by atoms with Gasteiger partial charge in [-0.1, -0.05) is 13.3 Å². The van der Waals surface area contributed by atoms with Crippen LogP contribution < -0.4 is 9.62 Å². The van der Waals surface area contributed by atoms with E-state index in [4.69, 9.17) is 4.74 Å². The van der Waals surface area contributed by atoms with E-state index in [1.54, 1.807) is 6.20 Å². The first-order valence-electron chi connectivity index (χ1n) is 7.22. The van der Waals surface area contributed by atoms with Gasteiger partial charge in [-0.3, -0.25) is 0 Å². The molecule has 2 rings (SSSR count). The monoisotopic (exact) mass is 314 g/mol. The van der Waals surface area contributed by atoms with Gasteiger partial charge in [0, 0.05) is 19.3 Å². The summed E-state index contributed by atoms with van der Waals surface area (Å²) in [5.41, 5.74) is 0. The topological polar surface area (TPSA) is 84.4 Å². The van der Waals surface area contributed by atoms with Crippen molar-refractivity contribution in [2.75, 3.05) is 37.0 Å². The van der Waals surface area contributed by atoms with Crippen molar-refractivity contribution >= 4 is 15.8 Å². The van der Waals surface area contributed by atoms with Crippen LogP contribution in [0.1, 0.15) is 25.6 Å². The summed E-state index contributed by atoms with van der Waals surface area (Å²) in [6, 6.07) is 1.83. The van der Waals surface area contributed by atoms with Crippen molar-refractivity contribution in [3.63, 3.8) is 0 Å². The zero-order valence-corrected chi connectivity index (χ0v) is 13.1. The maximum Gasteiger partial charge on any atom is 0.212 e. The summed E-state index contributed by atoms with van der Waals surface area (Å²) in [5.74, 6) is 1.45. The third-order valence-corrected chi connectivity index (χ3v) is 4.65. The Morgan fingerprint density at radius 1 is 1.38 bits per heavy atom. The van der Waals surface area contributed by atoms with E-state index in [9.17, 15) is 8.42 Å². The van der Waals surface area contributed by atoms with Crippen molar-refractivity contribution in [2.24, 2.45) is 0 Å². The molecule has 0 unspecified atom stereocenters. The molecule has 7 nitrogen and oxygen atoms in total. The Morgan fingerprint density at radius 2 is 2.14 bits per heavy atom. The molecule has 1 saturated heterocycles. The van der Waals surface area contributed by atoms with Gasteiger partial charge in [0.15, 0.2) is 0 Å². The summed E-state index contributed by atoms with van der Waals surface area (Å²) in [4.78, 5) is 10.6. The van der Waals surface area contributed by atoms with Gasteiger partial charge in [0.2, 0.25) is 10.0 Å². The van der Waals surface area contributed by atoms with Crippen LogP contribution in [0.2, 0.25) is 0 Å². The molecule has 1 aliphatic heterocycles. The molecule has 8 heteroatoms. The van der Waals surface area contributed by atoms with Gasteiger partial charge in [-0.2, -0.15) is 0 Å². The minimum Gasteiger partial charge on any atom is -0.378 e. The van der Waals surface area contributed by atoms with E-state index in [0.29, 0.717) is 25.5 Å². The first-order valence-corrected chi connectivity index (χ1v) is 8.88. The van der Waals surface area contributed by atoms with Gasteiger partial charge in [0.1, 0.15) is 11.6 Å². The first-order chi connectivity index (χ1) is 10.1. The highest BCUT2D eigenvalue weighted by molar-refractivity contribution is 7.89. The predicted octanol–water partition coefficient (Wildman–Crippen LogP) is 0.533. The molecule has 1 aromatic rings. The molecule has 0 atom stereocenters. The molecule has 0 amide bonds. The lowest BCUT2D eigenvalue weighted by Gasteiger charge is -2.27. The van der Waals surface area contributed by atoms with Crippen molar-refractivity contribution in [2.45, 2.75) is 26.3 Å². The number of anilines is 1. The molecule has 118 valence electrons. The van der Waals surface area contributed by atoms with E-state index >= 15 is 0 Å². The molecule has 1 aromatic heterocycles. The molecule has 0 aliphatic carbocycles. The molecule has 1 fully saturated rings. The molecule has 1 N–H and O–H groups in total. The van der Waals surface area contributed by atoms with Crippen molar-refractivity contribution in [3.8, 4) is 0 Å². The second kappa shape index (κ2) is 7.67. The molecule has 0 bridgehead atoms. The second-order valence-electron chi connectivity index (χ2n) is 4.92. The smallest absolute Gasteiger partial charge is 0.212 e. The van der Waals surface area contributed by atoms with Crippen LogP contribution in [0.3, 0.4) is 0 Å². The quantitative estimate of drug-likeness (QED) is 0.790. The lowest BCUT2D eigenvalue weighted by Crippen LogP contribution is -2.37. The molecular formula is C13H22N4O3S. The predicted molar refractivity (Wildman–Crippen MR) is 80.6 cm³/mol. The van der Waals surface area contributed by atoms with E-state index in [1.807, 2.05) is 13.0 Å². The SMILES string of the molecule is CCCCS(=O)(=O)NCc1nccc(N2CCOCC2)n1. The number of hydrogen-bond donors (Lipinski definition) is 1. The number of ether oxygens (including phenoxy) is 1. The number of morpholine rings is 1. The van der Waals surface area contributed by atoms with Gasteiger partial charge in [-0.05, 0) is 12.5 Å². The van der Waals surface area contributed by atoms with Crippen LogP contribution in [0.25, 0.3) is 0 Å². The number of unbranched alkanes of at least 4 members (excludes halogenated alkanes) is 1. The maximum atomic E-state index is 11.8. The summed E-state index contributed by atoms with van der Waals surface area (Å²) < 4.78 is 31.4. The average Bonchev–Trinajstić information content (AvgIpc) is 2.52. The second-order valence-corrected chi connectivity index (χ2v) is 6.85. The highest BCUT2D eigenvalue weighted by atomic mass is 32.2. The van der Waals surface area contributed by atoms with Crippen molar-refractivity contribution in [1.82, 2.24) is 14.7 Å². The molecule has 0 radical (unpaired) electrons. The van der Waals surface area contributed by atoms with Crippen LogP contribution in [-0.4, -0.2) is 50.4 Å². The maximum absolute atomic E-state index is 11.8. The third-order valence-electron chi connectivity index (χ3n) is 3.24. The van der Waals surface area contributed by atoms with Crippen LogP contribution in [0.15, 0.2) is 12.3 Å². The van der Waals surface area contributed by atoms with Crippen molar-refractivity contribution in [3.05, 3.63) is 18.1 Å². The highest BCUT2D eigenvalue weighted by Gasteiger charge is 2.14. The first kappa shape index (κ1) is 16.1. The number of nitrogens with zero attached hydrogens (tertiary/aromatic N) is 3. The molecule has 21 heavy (non-hydrogen) atoms. The number of rotatable bonds is 7. The number of sulfonamides is 1. The minimum absolute atomic E-state index is 0.129. The lowest BCUT2D eigenvalue weighted by atomic mass is 10.4. The molecule has 0 spiro atoms. The van der Waals surface area contributed by atoms with Gasteiger partial charge in [0.25, 0.3) is 0 Å². The largest absolute Gasteiger partial charge is 0.378 e. The summed E-state index contributed by atoms with van der Waals surface area (Å²) in [7, 11) is -3.24. The summed E-state index contributed by atoms with van der Waals surface area (Å²) in [6.07, 6.45) is 3.17. The Bertz CT molecular complexity index is 544. The summed E-state index contributed by atoms with van der Waals surface area (Å²) in [6.45, 7) is 5.04. The van der Waals surface area contributed by atoms with Crippen molar-refractivity contribution in [1.29, 1.82) is 0 Å². The van der Waals surface area contributed by atoms with E-state index in [-0.39, 0.29) is 12.3 Å². The Morgan fingerprint density at radius 3 is 2.86 bits per heavy atom. The van der Waals surface area contributed by atoms with Crippen LogP contribution in [0.5, 0.6) is 0 Å². The highest BCUT2D eigenvalue weighted by Crippen LogP contribution is 2.11. The van der Waals surface area contributed by atoms with Gasteiger partial charge in [-0.15, -0.1) is 0 Å². The molecule has 1 aliphatic rings. The van der Waals surface area contributed by atoms with E-state index in [0.717, 1.165) is 25.3 Å². The van der Waals surface area contributed by atoms with Crippen LogP contribution in [0, 0.1) is 0 Å². The third kappa shape index (κ3) is 5.22. The molecule has 0 saturated carbocycles. The van der Waals surface area contributed by atoms with Gasteiger partial charge in [-0.25, -0.2) is 23.1 Å². The van der Waals surface area contributed by atoms with E-state index in [2.05, 4.69) is 19.6 Å². The Balaban J connectivity index is 1.94. The van der Waals surface area contributed by atoms with Gasteiger partial charge >= 0.3 is 0 Å².